The Morgan fingerprint density at radius 3 is 2.26 bits per heavy atom. The van der Waals surface area contributed by atoms with Crippen molar-refractivity contribution in [3.63, 3.8) is 0 Å². The van der Waals surface area contributed by atoms with Gasteiger partial charge in [-0.25, -0.2) is 18.6 Å². The van der Waals surface area contributed by atoms with Crippen LogP contribution in [0.5, 0.6) is 5.75 Å². The highest BCUT2D eigenvalue weighted by atomic mass is 35.5. The number of aryl methyl sites for hydroxylation is 1. The normalized spacial score (nSPS) is 11.2. The second kappa shape index (κ2) is 13.8. The Hall–Kier alpha value is -4.67. The minimum Gasteiger partial charge on any atom is -0.482 e. The third-order valence-corrected chi connectivity index (χ3v) is 8.14. The quantitative estimate of drug-likeness (QED) is 0.140. The van der Waals surface area contributed by atoms with Crippen LogP contribution in [0.15, 0.2) is 107 Å². The molecular weight excluding hydrogens is 578 g/mol. The van der Waals surface area contributed by atoms with Gasteiger partial charge in [0.2, 0.25) is 0 Å². The number of halogens is 1. The molecule has 9 nitrogen and oxygen atoms in total. The lowest BCUT2D eigenvalue weighted by Crippen LogP contribution is -2.33. The van der Waals surface area contributed by atoms with E-state index >= 15 is 0 Å². The van der Waals surface area contributed by atoms with Crippen LogP contribution in [-0.2, 0) is 26.1 Å². The molecule has 0 spiro atoms. The molecule has 4 aromatic carbocycles. The Balaban J connectivity index is 1.58. The average molecular weight is 606 g/mol. The number of carbonyl (C=O) groups excluding carboxylic acids is 2. The Kier molecular flexibility index (Phi) is 9.95. The Morgan fingerprint density at radius 1 is 0.929 bits per heavy atom. The maximum Gasteiger partial charge on any atom is 0.343 e. The zero-order valence-electron chi connectivity index (χ0n) is 22.9. The van der Waals surface area contributed by atoms with Crippen LogP contribution in [-0.4, -0.2) is 40.2 Å². The number of carbonyl (C=O) groups is 2. The zero-order valence-corrected chi connectivity index (χ0v) is 24.4. The first kappa shape index (κ1) is 30.3. The monoisotopic (exact) mass is 605 g/mol. The Morgan fingerprint density at radius 2 is 1.60 bits per heavy atom. The minimum absolute atomic E-state index is 0.0364. The number of anilines is 1. The molecule has 0 saturated heterocycles. The van der Waals surface area contributed by atoms with Crippen molar-refractivity contribution in [3.8, 4) is 5.75 Å². The summed E-state index contributed by atoms with van der Waals surface area (Å²) in [5.74, 6) is -0.631. The molecular formula is C31H28ClN3O6S. The van der Waals surface area contributed by atoms with E-state index in [1.54, 1.807) is 78.9 Å². The van der Waals surface area contributed by atoms with Gasteiger partial charge in [0.25, 0.3) is 15.9 Å². The second-order valence-corrected chi connectivity index (χ2v) is 11.4. The van der Waals surface area contributed by atoms with Crippen molar-refractivity contribution in [1.29, 1.82) is 0 Å². The number of nitrogens with zero attached hydrogens (tertiary/aromatic N) is 2. The summed E-state index contributed by atoms with van der Waals surface area (Å²) >= 11 is 6.04. The number of ether oxygens (including phenoxy) is 2. The molecule has 11 heteroatoms. The fraction of sp³-hybridized carbons (Fsp3) is 0.129. The number of hydrazone groups is 1. The number of para-hydroxylation sites is 1. The molecule has 0 unspecified atom stereocenters. The lowest BCUT2D eigenvalue weighted by Gasteiger charge is -2.26. The van der Waals surface area contributed by atoms with Gasteiger partial charge in [-0.2, -0.15) is 5.10 Å². The number of hydrogen-bond donors (Lipinski definition) is 1. The fourth-order valence-corrected chi connectivity index (χ4v) is 5.45. The van der Waals surface area contributed by atoms with Crippen LogP contribution >= 0.6 is 11.6 Å². The number of nitrogens with one attached hydrogen (secondary N) is 1. The number of amides is 1. The van der Waals surface area contributed by atoms with Crippen LogP contribution in [0.2, 0.25) is 5.02 Å². The number of benzene rings is 4. The molecule has 0 atom stereocenters. The molecule has 0 saturated carbocycles. The number of esters is 1. The van der Waals surface area contributed by atoms with Crippen LogP contribution in [0.25, 0.3) is 0 Å². The molecule has 4 aromatic rings. The Labute approximate surface area is 249 Å². The summed E-state index contributed by atoms with van der Waals surface area (Å²) < 4.78 is 38.9. The van der Waals surface area contributed by atoms with E-state index < -0.39 is 21.9 Å². The van der Waals surface area contributed by atoms with Crippen molar-refractivity contribution in [2.45, 2.75) is 18.4 Å². The van der Waals surface area contributed by atoms with Crippen LogP contribution in [0.4, 0.5) is 5.69 Å². The second-order valence-electron chi connectivity index (χ2n) is 9.10. The molecule has 0 aliphatic heterocycles. The van der Waals surface area contributed by atoms with Crippen molar-refractivity contribution in [1.82, 2.24) is 5.43 Å². The maximum atomic E-state index is 13.9. The molecule has 1 amide bonds. The SMILES string of the molecule is COC(=O)COc1ccc(/C=N/NC(=O)c2ccccc2N(Cc2ccc(Cl)cc2)S(=O)(=O)c2ccc(C)cc2)cc1. The molecule has 0 heterocycles. The van der Waals surface area contributed by atoms with E-state index in [1.165, 1.54) is 35.8 Å². The van der Waals surface area contributed by atoms with E-state index in [-0.39, 0.29) is 29.3 Å². The number of sulfonamides is 1. The van der Waals surface area contributed by atoms with E-state index in [4.69, 9.17) is 16.3 Å². The molecule has 0 bridgehead atoms. The van der Waals surface area contributed by atoms with Gasteiger partial charge >= 0.3 is 5.97 Å². The molecule has 0 aliphatic carbocycles. The summed E-state index contributed by atoms with van der Waals surface area (Å²) in [6.45, 7) is 1.62. The number of hydrogen-bond acceptors (Lipinski definition) is 7. The van der Waals surface area contributed by atoms with Gasteiger partial charge in [-0.05, 0) is 78.7 Å². The summed E-state index contributed by atoms with van der Waals surface area (Å²) in [5, 5.41) is 4.56. The van der Waals surface area contributed by atoms with E-state index in [0.29, 0.717) is 21.9 Å². The van der Waals surface area contributed by atoms with Gasteiger partial charge in [-0.15, -0.1) is 0 Å². The summed E-state index contributed by atoms with van der Waals surface area (Å²) in [6, 6.07) is 26.4. The first-order valence-electron chi connectivity index (χ1n) is 12.7. The van der Waals surface area contributed by atoms with Gasteiger partial charge in [0.15, 0.2) is 6.61 Å². The van der Waals surface area contributed by atoms with E-state index in [1.807, 2.05) is 6.92 Å². The molecule has 0 aliphatic rings. The lowest BCUT2D eigenvalue weighted by molar-refractivity contribution is -0.142. The van der Waals surface area contributed by atoms with Gasteiger partial charge < -0.3 is 9.47 Å². The molecule has 0 aromatic heterocycles. The molecule has 4 rings (SSSR count). The van der Waals surface area contributed by atoms with Gasteiger partial charge in [0.05, 0.1) is 36.0 Å². The average Bonchev–Trinajstić information content (AvgIpc) is 3.00. The van der Waals surface area contributed by atoms with Crippen molar-refractivity contribution >= 4 is 45.4 Å². The molecule has 216 valence electrons. The maximum absolute atomic E-state index is 13.9. The topological polar surface area (TPSA) is 114 Å². The standard InChI is InChI=1S/C31H28ClN3O6S/c1-22-7-17-27(18-8-22)42(38,39)35(20-24-9-13-25(32)14-10-24)29-6-4-3-5-28(29)31(37)34-33-19-23-11-15-26(16-12-23)41-21-30(36)40-2/h3-19H,20-21H2,1-2H3,(H,34,37)/b33-19+. The number of rotatable bonds is 11. The largest absolute Gasteiger partial charge is 0.482 e. The highest BCUT2D eigenvalue weighted by Gasteiger charge is 2.28. The molecule has 42 heavy (non-hydrogen) atoms. The van der Waals surface area contributed by atoms with Gasteiger partial charge in [-0.3, -0.25) is 9.10 Å². The molecule has 0 radical (unpaired) electrons. The van der Waals surface area contributed by atoms with Crippen molar-refractivity contribution < 1.29 is 27.5 Å². The molecule has 0 fully saturated rings. The third-order valence-electron chi connectivity index (χ3n) is 6.11. The smallest absolute Gasteiger partial charge is 0.343 e. The first-order valence-corrected chi connectivity index (χ1v) is 14.5. The minimum atomic E-state index is -4.07. The highest BCUT2D eigenvalue weighted by Crippen LogP contribution is 2.30. The predicted octanol–water partition coefficient (Wildman–Crippen LogP) is 5.36. The zero-order chi connectivity index (χ0) is 30.1. The van der Waals surface area contributed by atoms with E-state index in [9.17, 15) is 18.0 Å². The highest BCUT2D eigenvalue weighted by molar-refractivity contribution is 7.92. The first-order chi connectivity index (χ1) is 20.2. The van der Waals surface area contributed by atoms with Crippen LogP contribution in [0.1, 0.15) is 27.0 Å². The van der Waals surface area contributed by atoms with Crippen molar-refractivity contribution in [2.75, 3.05) is 18.0 Å². The van der Waals surface area contributed by atoms with E-state index in [0.717, 1.165) is 5.56 Å². The predicted molar refractivity (Wildman–Crippen MR) is 161 cm³/mol. The van der Waals surface area contributed by atoms with Gasteiger partial charge in [-0.1, -0.05) is 53.6 Å². The van der Waals surface area contributed by atoms with Crippen LogP contribution in [0, 0.1) is 6.92 Å². The number of methoxy groups -OCH3 is 1. The summed E-state index contributed by atoms with van der Waals surface area (Å²) in [6.07, 6.45) is 1.43. The van der Waals surface area contributed by atoms with Gasteiger partial charge in [0, 0.05) is 5.02 Å². The van der Waals surface area contributed by atoms with Crippen molar-refractivity contribution in [3.05, 3.63) is 124 Å². The summed E-state index contributed by atoms with van der Waals surface area (Å²) in [5.41, 5.74) is 5.03. The van der Waals surface area contributed by atoms with Crippen LogP contribution in [0.3, 0.4) is 0 Å². The lowest BCUT2D eigenvalue weighted by atomic mass is 10.1. The van der Waals surface area contributed by atoms with E-state index in [2.05, 4.69) is 15.3 Å². The third kappa shape index (κ3) is 7.74. The summed E-state index contributed by atoms with van der Waals surface area (Å²) in [7, 11) is -2.80. The van der Waals surface area contributed by atoms with Gasteiger partial charge in [0.1, 0.15) is 5.75 Å². The molecule has 1 N–H and O–H groups in total. The summed E-state index contributed by atoms with van der Waals surface area (Å²) in [4.78, 5) is 24.6. The Bertz CT molecular complexity index is 1670. The van der Waals surface area contributed by atoms with Crippen LogP contribution < -0.4 is 14.5 Å². The fourth-order valence-electron chi connectivity index (χ4n) is 3.85. The van der Waals surface area contributed by atoms with Crippen molar-refractivity contribution in [2.24, 2.45) is 5.10 Å².